The number of benzene rings is 1. The Hall–Kier alpha value is -2.14. The maximum atomic E-state index is 12.1. The molecule has 2 heterocycles. The van der Waals surface area contributed by atoms with E-state index in [0.717, 1.165) is 0 Å². The Morgan fingerprint density at radius 2 is 2.24 bits per heavy atom. The normalized spacial score (nSPS) is 11.8. The number of nitrogens with zero attached hydrogens (tertiary/aromatic N) is 5. The average Bonchev–Trinajstić information content (AvgIpc) is 3.32. The summed E-state index contributed by atoms with van der Waals surface area (Å²) in [6, 6.07) is 5.00. The van der Waals surface area contributed by atoms with Gasteiger partial charge in [0.15, 0.2) is 17.1 Å². The minimum atomic E-state index is -0.439. The summed E-state index contributed by atoms with van der Waals surface area (Å²) in [7, 11) is 0. The van der Waals surface area contributed by atoms with Gasteiger partial charge >= 0.3 is 0 Å². The van der Waals surface area contributed by atoms with E-state index in [2.05, 4.69) is 32.3 Å². The second-order valence-corrected chi connectivity index (χ2v) is 8.27. The van der Waals surface area contributed by atoms with Crippen LogP contribution in [-0.2, 0) is 11.3 Å². The summed E-state index contributed by atoms with van der Waals surface area (Å²) >= 11 is 14.6. The van der Waals surface area contributed by atoms with Crippen molar-refractivity contribution in [2.45, 2.75) is 24.7 Å². The fraction of sp³-hybridized carbons (Fsp3) is 0.235. The largest absolute Gasteiger partial charge is 0.481 e. The van der Waals surface area contributed by atoms with Gasteiger partial charge in [0.05, 0.1) is 10.8 Å². The zero-order valence-corrected chi connectivity index (χ0v) is 18.4. The number of carbonyl (C=O) groups excluding carboxylic acids is 1. The van der Waals surface area contributed by atoms with E-state index in [1.54, 1.807) is 29.8 Å². The van der Waals surface area contributed by atoms with E-state index in [4.69, 9.17) is 27.9 Å². The predicted octanol–water partition coefficient (Wildman–Crippen LogP) is 4.49. The summed E-state index contributed by atoms with van der Waals surface area (Å²) in [4.78, 5) is 12.1. The molecule has 8 nitrogen and oxygen atoms in total. The minimum absolute atomic E-state index is 0.146. The smallest absolute Gasteiger partial charge is 0.236 e. The van der Waals surface area contributed by atoms with Gasteiger partial charge in [-0.3, -0.25) is 14.7 Å². The molecule has 1 N–H and O–H groups in total. The van der Waals surface area contributed by atoms with Crippen LogP contribution >= 0.6 is 46.3 Å². The van der Waals surface area contributed by atoms with E-state index in [-0.39, 0.29) is 11.7 Å². The van der Waals surface area contributed by atoms with E-state index in [1.807, 2.05) is 11.5 Å². The Morgan fingerprint density at radius 3 is 2.93 bits per heavy atom. The van der Waals surface area contributed by atoms with Gasteiger partial charge in [-0.1, -0.05) is 52.4 Å². The second kappa shape index (κ2) is 10.1. The molecule has 3 rings (SSSR count). The molecular formula is C17H16Cl2N6O2S2. The molecule has 29 heavy (non-hydrogen) atoms. The monoisotopic (exact) mass is 470 g/mol. The van der Waals surface area contributed by atoms with Crippen LogP contribution < -0.4 is 10.1 Å². The number of thioether (sulfide) groups is 1. The molecule has 2 aromatic heterocycles. The van der Waals surface area contributed by atoms with Gasteiger partial charge in [0.2, 0.25) is 11.0 Å². The lowest BCUT2D eigenvalue weighted by atomic mass is 10.3. The molecular weight excluding hydrogens is 455 g/mol. The Kier molecular flexibility index (Phi) is 7.48. The van der Waals surface area contributed by atoms with Crippen LogP contribution in [-0.4, -0.2) is 36.6 Å². The first-order chi connectivity index (χ1) is 14.0. The number of hydrogen-bond donors (Lipinski definition) is 1. The van der Waals surface area contributed by atoms with Crippen molar-refractivity contribution in [1.82, 2.24) is 25.0 Å². The van der Waals surface area contributed by atoms with E-state index in [1.165, 1.54) is 23.1 Å². The highest BCUT2D eigenvalue weighted by Gasteiger charge is 2.20. The molecule has 1 unspecified atom stereocenters. The molecule has 0 fully saturated rings. The molecule has 1 aromatic carbocycles. The van der Waals surface area contributed by atoms with Crippen molar-refractivity contribution in [3.8, 4) is 5.75 Å². The van der Waals surface area contributed by atoms with Crippen LogP contribution in [0, 0.1) is 0 Å². The summed E-state index contributed by atoms with van der Waals surface area (Å²) in [5, 5.41) is 20.5. The number of ether oxygens (including phenoxy) is 1. The fourth-order valence-electron chi connectivity index (χ4n) is 2.34. The Labute approximate surface area is 185 Å². The molecule has 3 aromatic rings. The van der Waals surface area contributed by atoms with E-state index >= 15 is 0 Å². The number of aromatic nitrogens is 5. The summed E-state index contributed by atoms with van der Waals surface area (Å²) < 4.78 is 7.77. The number of rotatable bonds is 9. The summed E-state index contributed by atoms with van der Waals surface area (Å²) in [5.41, 5.74) is 1.55. The molecule has 0 bridgehead atoms. The SMILES string of the molecule is C=CCn1c(SCC(=O)Nc2nncs2)nnc1C(C)Oc1ccc(Cl)cc1Cl. The van der Waals surface area contributed by atoms with Crippen LogP contribution in [0.5, 0.6) is 5.75 Å². The van der Waals surface area contributed by atoms with Crippen molar-refractivity contribution in [2.75, 3.05) is 11.1 Å². The Morgan fingerprint density at radius 1 is 1.41 bits per heavy atom. The first-order valence-electron chi connectivity index (χ1n) is 8.32. The molecule has 0 spiro atoms. The van der Waals surface area contributed by atoms with Crippen molar-refractivity contribution < 1.29 is 9.53 Å². The van der Waals surface area contributed by atoms with Crippen LogP contribution in [0.25, 0.3) is 0 Å². The predicted molar refractivity (Wildman–Crippen MR) is 115 cm³/mol. The van der Waals surface area contributed by atoms with Gasteiger partial charge in [0, 0.05) is 11.6 Å². The molecule has 0 aliphatic rings. The lowest BCUT2D eigenvalue weighted by Gasteiger charge is -2.16. The fourth-order valence-corrected chi connectivity index (χ4v) is 4.00. The van der Waals surface area contributed by atoms with Crippen molar-refractivity contribution >= 4 is 57.3 Å². The van der Waals surface area contributed by atoms with Crippen LogP contribution in [0.3, 0.4) is 0 Å². The van der Waals surface area contributed by atoms with Crippen molar-refractivity contribution in [1.29, 1.82) is 0 Å². The van der Waals surface area contributed by atoms with Gasteiger partial charge in [-0.25, -0.2) is 0 Å². The molecule has 12 heteroatoms. The highest BCUT2D eigenvalue weighted by atomic mass is 35.5. The van der Waals surface area contributed by atoms with E-state index in [9.17, 15) is 4.79 Å². The maximum Gasteiger partial charge on any atom is 0.236 e. The van der Waals surface area contributed by atoms with Gasteiger partial charge in [-0.05, 0) is 25.1 Å². The third kappa shape index (κ3) is 5.69. The molecule has 0 saturated carbocycles. The number of allylic oxidation sites excluding steroid dienone is 1. The number of halogens is 2. The number of anilines is 1. The molecule has 0 aliphatic carbocycles. The first kappa shape index (κ1) is 21.6. The Bertz CT molecular complexity index is 996. The number of amides is 1. The van der Waals surface area contributed by atoms with Crippen molar-refractivity contribution in [3.63, 3.8) is 0 Å². The highest BCUT2D eigenvalue weighted by Crippen LogP contribution is 2.31. The first-order valence-corrected chi connectivity index (χ1v) is 10.9. The molecule has 0 radical (unpaired) electrons. The molecule has 1 amide bonds. The average molecular weight is 471 g/mol. The molecule has 0 aliphatic heterocycles. The Balaban J connectivity index is 1.70. The topological polar surface area (TPSA) is 94.8 Å². The second-order valence-electron chi connectivity index (χ2n) is 5.66. The quantitative estimate of drug-likeness (QED) is 0.363. The molecule has 1 atom stereocenters. The number of carbonyl (C=O) groups is 1. The maximum absolute atomic E-state index is 12.1. The third-order valence-electron chi connectivity index (χ3n) is 3.56. The van der Waals surface area contributed by atoms with Crippen molar-refractivity contribution in [3.05, 3.63) is 52.2 Å². The summed E-state index contributed by atoms with van der Waals surface area (Å²) in [5.74, 6) is 1.01. The summed E-state index contributed by atoms with van der Waals surface area (Å²) in [6.07, 6.45) is 1.28. The summed E-state index contributed by atoms with van der Waals surface area (Å²) in [6.45, 7) is 6.08. The molecule has 0 saturated heterocycles. The number of nitrogens with one attached hydrogen (secondary N) is 1. The van der Waals surface area contributed by atoms with E-state index in [0.29, 0.717) is 38.5 Å². The molecule has 152 valence electrons. The number of hydrogen-bond acceptors (Lipinski definition) is 8. The van der Waals surface area contributed by atoms with Gasteiger partial charge in [0.1, 0.15) is 11.3 Å². The zero-order chi connectivity index (χ0) is 20.8. The highest BCUT2D eigenvalue weighted by molar-refractivity contribution is 7.99. The van der Waals surface area contributed by atoms with Gasteiger partial charge in [0.25, 0.3) is 0 Å². The minimum Gasteiger partial charge on any atom is -0.481 e. The van der Waals surface area contributed by atoms with Crippen molar-refractivity contribution in [2.24, 2.45) is 0 Å². The van der Waals surface area contributed by atoms with Gasteiger partial charge < -0.3 is 4.74 Å². The lowest BCUT2D eigenvalue weighted by molar-refractivity contribution is -0.113. The van der Waals surface area contributed by atoms with Crippen LogP contribution in [0.4, 0.5) is 5.13 Å². The van der Waals surface area contributed by atoms with Crippen LogP contribution in [0.2, 0.25) is 10.0 Å². The van der Waals surface area contributed by atoms with Gasteiger partial charge in [-0.15, -0.1) is 27.0 Å². The van der Waals surface area contributed by atoms with Crippen LogP contribution in [0.15, 0.2) is 41.5 Å². The van der Waals surface area contributed by atoms with Crippen LogP contribution in [0.1, 0.15) is 18.9 Å². The zero-order valence-electron chi connectivity index (χ0n) is 15.2. The van der Waals surface area contributed by atoms with Gasteiger partial charge in [-0.2, -0.15) is 0 Å². The van der Waals surface area contributed by atoms with E-state index < -0.39 is 6.10 Å². The lowest BCUT2D eigenvalue weighted by Crippen LogP contribution is -2.15. The third-order valence-corrected chi connectivity index (χ3v) is 5.66. The standard InChI is InChI=1S/C17H16Cl2N6O2S2/c1-3-6-25-15(10(2)27-13-5-4-11(18)7-12(13)19)22-24-17(25)28-8-14(26)21-16-23-20-9-29-16/h3-5,7,9-10H,1,6,8H2,2H3,(H,21,23,26).